The lowest BCUT2D eigenvalue weighted by molar-refractivity contribution is 0.548. The van der Waals surface area contributed by atoms with E-state index in [1.165, 1.54) is 6.20 Å². The van der Waals surface area contributed by atoms with Crippen LogP contribution in [0.25, 0.3) is 22.6 Å². The highest BCUT2D eigenvalue weighted by atomic mass is 35.5. The number of hydrogen-bond donors (Lipinski definition) is 1. The number of nitrogens with two attached hydrogens (primary N) is 1. The third kappa shape index (κ3) is 2.83. The van der Waals surface area contributed by atoms with Crippen LogP contribution in [-0.2, 0) is 0 Å². The van der Waals surface area contributed by atoms with Gasteiger partial charge in [-0.1, -0.05) is 17.7 Å². The molecule has 0 saturated carbocycles. The van der Waals surface area contributed by atoms with Crippen LogP contribution in [0.5, 0.6) is 0 Å². The fourth-order valence-corrected chi connectivity index (χ4v) is 2.34. The first-order valence-corrected chi connectivity index (χ1v) is 6.74. The van der Waals surface area contributed by atoms with Gasteiger partial charge in [0.05, 0.1) is 11.1 Å². The van der Waals surface area contributed by atoms with E-state index in [0.29, 0.717) is 17.8 Å². The first-order chi connectivity index (χ1) is 11.0. The van der Waals surface area contributed by atoms with Crippen molar-refractivity contribution in [3.8, 4) is 22.6 Å². The number of rotatable bonds is 2. The highest BCUT2D eigenvalue weighted by molar-refractivity contribution is 6.32. The molecule has 0 radical (unpaired) electrons. The van der Waals surface area contributed by atoms with Gasteiger partial charge in [0.15, 0.2) is 5.82 Å². The number of anilines is 1. The summed E-state index contributed by atoms with van der Waals surface area (Å²) in [5, 5.41) is -0.262. The van der Waals surface area contributed by atoms with Crippen molar-refractivity contribution in [1.82, 2.24) is 15.0 Å². The van der Waals surface area contributed by atoms with Crippen molar-refractivity contribution in [3.63, 3.8) is 0 Å². The van der Waals surface area contributed by atoms with Gasteiger partial charge in [0.25, 0.3) is 0 Å². The summed E-state index contributed by atoms with van der Waals surface area (Å²) >= 11 is 6.02. The minimum atomic E-state index is -1.15. The lowest BCUT2D eigenvalue weighted by Crippen LogP contribution is -2.04. The Hall–Kier alpha value is -2.67. The molecule has 0 aliphatic carbocycles. The molecule has 0 amide bonds. The summed E-state index contributed by atoms with van der Waals surface area (Å²) in [6, 6.07) is 6.10. The van der Waals surface area contributed by atoms with Gasteiger partial charge in [0, 0.05) is 18.3 Å². The first-order valence-electron chi connectivity index (χ1n) is 6.36. The number of halogens is 4. The monoisotopic (exact) mass is 336 g/mol. The number of benzene rings is 1. The third-order valence-electron chi connectivity index (χ3n) is 3.04. The van der Waals surface area contributed by atoms with E-state index in [4.69, 9.17) is 17.3 Å². The van der Waals surface area contributed by atoms with E-state index in [2.05, 4.69) is 15.0 Å². The molecule has 23 heavy (non-hydrogen) atoms. The predicted molar refractivity (Wildman–Crippen MR) is 80.0 cm³/mol. The van der Waals surface area contributed by atoms with E-state index in [1.54, 1.807) is 18.2 Å². The molecular formula is C15H8ClF3N4. The van der Waals surface area contributed by atoms with Crippen LogP contribution in [0.1, 0.15) is 0 Å². The number of pyridine rings is 1. The van der Waals surface area contributed by atoms with Crippen LogP contribution < -0.4 is 5.73 Å². The van der Waals surface area contributed by atoms with Crippen molar-refractivity contribution in [3.05, 3.63) is 59.1 Å². The molecule has 0 unspecified atom stereocenters. The van der Waals surface area contributed by atoms with Gasteiger partial charge in [0.1, 0.15) is 34.1 Å². The van der Waals surface area contributed by atoms with Crippen LogP contribution in [0.2, 0.25) is 5.15 Å². The van der Waals surface area contributed by atoms with Crippen LogP contribution >= 0.6 is 11.6 Å². The Bertz CT molecular complexity index is 841. The molecule has 0 saturated heterocycles. The Balaban J connectivity index is 2.20. The zero-order valence-electron chi connectivity index (χ0n) is 11.4. The Labute approximate surface area is 133 Å². The average molecular weight is 337 g/mol. The highest BCUT2D eigenvalue weighted by Crippen LogP contribution is 2.36. The zero-order chi connectivity index (χ0) is 16.6. The molecule has 3 aromatic rings. The zero-order valence-corrected chi connectivity index (χ0v) is 12.2. The second-order valence-electron chi connectivity index (χ2n) is 4.56. The fraction of sp³-hybridized carbons (Fsp3) is 0. The Morgan fingerprint density at radius 3 is 2.22 bits per heavy atom. The molecule has 0 aliphatic heterocycles. The third-order valence-corrected chi connectivity index (χ3v) is 3.32. The smallest absolute Gasteiger partial charge is 0.181 e. The topological polar surface area (TPSA) is 64.7 Å². The van der Waals surface area contributed by atoms with Crippen molar-refractivity contribution in [2.24, 2.45) is 0 Å². The molecular weight excluding hydrogens is 329 g/mol. The Morgan fingerprint density at radius 2 is 1.65 bits per heavy atom. The summed E-state index contributed by atoms with van der Waals surface area (Å²) in [6.07, 6.45) is 1.52. The van der Waals surface area contributed by atoms with Crippen LogP contribution in [0.4, 0.5) is 19.0 Å². The quantitative estimate of drug-likeness (QED) is 0.722. The van der Waals surface area contributed by atoms with Crippen molar-refractivity contribution in [2.75, 3.05) is 5.73 Å². The summed E-state index contributed by atoms with van der Waals surface area (Å²) in [5.74, 6) is -3.48. The van der Waals surface area contributed by atoms with Crippen molar-refractivity contribution >= 4 is 17.4 Å². The van der Waals surface area contributed by atoms with Gasteiger partial charge >= 0.3 is 0 Å². The van der Waals surface area contributed by atoms with E-state index >= 15 is 0 Å². The minimum absolute atomic E-state index is 0.111. The lowest BCUT2D eigenvalue weighted by atomic mass is 10.1. The maximum absolute atomic E-state index is 13.9. The number of nitrogen functional groups attached to an aromatic ring is 1. The molecule has 1 aromatic carbocycles. The number of nitrogens with zero attached hydrogens (tertiary/aromatic N) is 3. The summed E-state index contributed by atoms with van der Waals surface area (Å²) in [6.45, 7) is 0. The largest absolute Gasteiger partial charge is 0.383 e. The fourth-order valence-electron chi connectivity index (χ4n) is 2.07. The van der Waals surface area contributed by atoms with E-state index in [-0.39, 0.29) is 22.4 Å². The summed E-state index contributed by atoms with van der Waals surface area (Å²) < 4.78 is 40.9. The van der Waals surface area contributed by atoms with Gasteiger partial charge in [-0.15, -0.1) is 0 Å². The van der Waals surface area contributed by atoms with E-state index in [1.807, 2.05) is 0 Å². The van der Waals surface area contributed by atoms with Crippen molar-refractivity contribution in [1.29, 1.82) is 0 Å². The summed E-state index contributed by atoms with van der Waals surface area (Å²) in [5.41, 5.74) is 5.36. The molecule has 0 atom stereocenters. The Morgan fingerprint density at radius 1 is 0.957 bits per heavy atom. The van der Waals surface area contributed by atoms with Gasteiger partial charge < -0.3 is 5.73 Å². The normalized spacial score (nSPS) is 10.8. The van der Waals surface area contributed by atoms with Gasteiger partial charge in [-0.2, -0.15) is 0 Å². The maximum Gasteiger partial charge on any atom is 0.181 e. The second kappa shape index (κ2) is 5.85. The number of aromatic nitrogens is 3. The first kappa shape index (κ1) is 15.2. The van der Waals surface area contributed by atoms with E-state index in [9.17, 15) is 13.2 Å². The Kier molecular flexibility index (Phi) is 3.87. The molecule has 0 fully saturated rings. The average Bonchev–Trinajstić information content (AvgIpc) is 2.49. The van der Waals surface area contributed by atoms with Crippen LogP contribution in [0, 0.1) is 17.5 Å². The second-order valence-corrected chi connectivity index (χ2v) is 4.92. The maximum atomic E-state index is 13.9. The molecule has 4 nitrogen and oxygen atoms in total. The number of hydrogen-bond acceptors (Lipinski definition) is 4. The van der Waals surface area contributed by atoms with Gasteiger partial charge in [-0.05, 0) is 12.1 Å². The van der Waals surface area contributed by atoms with Gasteiger partial charge in [0.2, 0.25) is 0 Å². The van der Waals surface area contributed by atoms with Gasteiger partial charge in [-0.25, -0.2) is 23.1 Å². The van der Waals surface area contributed by atoms with Gasteiger partial charge in [-0.3, -0.25) is 4.98 Å². The van der Waals surface area contributed by atoms with Crippen molar-refractivity contribution < 1.29 is 13.2 Å². The SMILES string of the molecule is Nc1nc(-c2ccccn2)nc(Cl)c1-c1c(F)cc(F)cc1F. The molecule has 0 bridgehead atoms. The van der Waals surface area contributed by atoms with Crippen molar-refractivity contribution in [2.45, 2.75) is 0 Å². The lowest BCUT2D eigenvalue weighted by Gasteiger charge is -2.11. The molecule has 8 heteroatoms. The molecule has 0 spiro atoms. The molecule has 2 heterocycles. The standard InChI is InChI=1S/C15H8ClF3N4/c16-13-12(11-8(18)5-7(17)6-9(11)19)14(20)23-15(22-13)10-3-1-2-4-21-10/h1-6H,(H2,20,22,23). The highest BCUT2D eigenvalue weighted by Gasteiger charge is 2.22. The molecule has 2 aromatic heterocycles. The molecule has 116 valence electrons. The summed E-state index contributed by atoms with van der Waals surface area (Å²) in [7, 11) is 0. The van der Waals surface area contributed by atoms with E-state index < -0.39 is 23.0 Å². The molecule has 2 N–H and O–H groups in total. The van der Waals surface area contributed by atoms with Crippen LogP contribution in [-0.4, -0.2) is 15.0 Å². The van der Waals surface area contributed by atoms with Crippen LogP contribution in [0.15, 0.2) is 36.5 Å². The molecule has 0 aliphatic rings. The van der Waals surface area contributed by atoms with Crippen LogP contribution in [0.3, 0.4) is 0 Å². The predicted octanol–water partition coefficient (Wildman–Crippen LogP) is 3.86. The minimum Gasteiger partial charge on any atom is -0.383 e. The summed E-state index contributed by atoms with van der Waals surface area (Å²) in [4.78, 5) is 12.0. The van der Waals surface area contributed by atoms with E-state index in [0.717, 1.165) is 0 Å². The molecule has 3 rings (SSSR count).